The fourth-order valence-corrected chi connectivity index (χ4v) is 3.53. The summed E-state index contributed by atoms with van der Waals surface area (Å²) < 4.78 is 7.57. The molecule has 0 bridgehead atoms. The maximum absolute atomic E-state index is 12.7. The summed E-state index contributed by atoms with van der Waals surface area (Å²) in [6.45, 7) is 5.61. The summed E-state index contributed by atoms with van der Waals surface area (Å²) in [5.74, 6) is -0.724. The zero-order chi connectivity index (χ0) is 22.5. The van der Waals surface area contributed by atoms with Crippen LogP contribution in [-0.2, 0) is 16.1 Å². The SMILES string of the molecule is Cc1ccccc1C(=O)N[C@H](CC(C)C)C(=O)OCc1cc(=O)n2cc(Br)ccc2n1. The van der Waals surface area contributed by atoms with Gasteiger partial charge in [0.15, 0.2) is 0 Å². The number of carbonyl (C=O) groups is 2. The molecule has 0 fully saturated rings. The van der Waals surface area contributed by atoms with Gasteiger partial charge in [-0.2, -0.15) is 0 Å². The Balaban J connectivity index is 1.73. The number of amides is 1. The molecule has 1 N–H and O–H groups in total. The van der Waals surface area contributed by atoms with E-state index in [4.69, 9.17) is 4.74 Å². The second-order valence-corrected chi connectivity index (χ2v) is 8.66. The Morgan fingerprint density at radius 2 is 1.94 bits per heavy atom. The van der Waals surface area contributed by atoms with E-state index < -0.39 is 12.0 Å². The third-order valence-corrected chi connectivity index (χ3v) is 5.19. The van der Waals surface area contributed by atoms with Crippen LogP contribution in [0.3, 0.4) is 0 Å². The van der Waals surface area contributed by atoms with E-state index in [1.54, 1.807) is 30.5 Å². The Kier molecular flexibility index (Phi) is 7.22. The van der Waals surface area contributed by atoms with Crippen molar-refractivity contribution in [2.75, 3.05) is 0 Å². The average Bonchev–Trinajstić information content (AvgIpc) is 2.72. The van der Waals surface area contributed by atoms with E-state index in [0.717, 1.165) is 10.0 Å². The van der Waals surface area contributed by atoms with Crippen LogP contribution in [0.25, 0.3) is 5.65 Å². The highest BCUT2D eigenvalue weighted by atomic mass is 79.9. The highest BCUT2D eigenvalue weighted by molar-refractivity contribution is 9.10. The molecular weight excluding hydrogens is 462 g/mol. The normalized spacial score (nSPS) is 12.0. The van der Waals surface area contributed by atoms with Gasteiger partial charge in [-0.1, -0.05) is 32.0 Å². The standard InChI is InChI=1S/C23H24BrN3O4/c1-14(2)10-19(26-22(29)18-7-5-4-6-15(18)3)23(30)31-13-17-11-21(28)27-12-16(24)8-9-20(27)25-17/h4-9,11-12,14,19H,10,13H2,1-3H3,(H,26,29)/t19-/m1/s1. The minimum Gasteiger partial charge on any atom is -0.458 e. The van der Waals surface area contributed by atoms with Crippen molar-refractivity contribution in [1.29, 1.82) is 0 Å². The first-order chi connectivity index (χ1) is 14.7. The van der Waals surface area contributed by atoms with Gasteiger partial charge in [-0.3, -0.25) is 14.0 Å². The third kappa shape index (κ3) is 5.79. The molecule has 0 unspecified atom stereocenters. The Morgan fingerprint density at radius 3 is 2.65 bits per heavy atom. The summed E-state index contributed by atoms with van der Waals surface area (Å²) in [4.78, 5) is 42.1. The molecular formula is C23H24BrN3O4. The number of hydrogen-bond donors (Lipinski definition) is 1. The monoisotopic (exact) mass is 485 g/mol. The van der Waals surface area contributed by atoms with Crippen molar-refractivity contribution in [2.45, 2.75) is 39.8 Å². The number of esters is 1. The van der Waals surface area contributed by atoms with Gasteiger partial charge in [-0.25, -0.2) is 9.78 Å². The molecule has 0 spiro atoms. The number of aryl methyl sites for hydroxylation is 1. The Labute approximate surface area is 188 Å². The lowest BCUT2D eigenvalue weighted by Gasteiger charge is -2.20. The summed E-state index contributed by atoms with van der Waals surface area (Å²) in [5, 5.41) is 2.78. The first kappa shape index (κ1) is 22.7. The number of nitrogens with zero attached hydrogens (tertiary/aromatic N) is 2. The first-order valence-electron chi connectivity index (χ1n) is 9.95. The van der Waals surface area contributed by atoms with Crippen molar-refractivity contribution < 1.29 is 14.3 Å². The average molecular weight is 486 g/mol. The van der Waals surface area contributed by atoms with Crippen LogP contribution in [0, 0.1) is 12.8 Å². The summed E-state index contributed by atoms with van der Waals surface area (Å²) in [7, 11) is 0. The van der Waals surface area contributed by atoms with Crippen molar-refractivity contribution in [3.8, 4) is 0 Å². The molecule has 0 aliphatic rings. The molecule has 3 rings (SSSR count). The van der Waals surface area contributed by atoms with Crippen LogP contribution in [0.1, 0.15) is 41.9 Å². The molecule has 1 amide bonds. The molecule has 1 atom stereocenters. The van der Waals surface area contributed by atoms with Gasteiger partial charge in [-0.05, 0) is 59.0 Å². The van der Waals surface area contributed by atoms with Crippen LogP contribution in [0.2, 0.25) is 0 Å². The van der Waals surface area contributed by atoms with E-state index in [0.29, 0.717) is 23.3 Å². The van der Waals surface area contributed by atoms with Crippen molar-refractivity contribution in [2.24, 2.45) is 5.92 Å². The smallest absolute Gasteiger partial charge is 0.329 e. The van der Waals surface area contributed by atoms with E-state index in [-0.39, 0.29) is 24.0 Å². The molecule has 0 aliphatic heterocycles. The number of aromatic nitrogens is 2. The van der Waals surface area contributed by atoms with Gasteiger partial charge in [0.2, 0.25) is 0 Å². The summed E-state index contributed by atoms with van der Waals surface area (Å²) in [5.41, 5.74) is 1.86. The second kappa shape index (κ2) is 9.87. The molecule has 7 nitrogen and oxygen atoms in total. The summed E-state index contributed by atoms with van der Waals surface area (Å²) in [6.07, 6.45) is 2.05. The van der Waals surface area contributed by atoms with Gasteiger partial charge in [0.1, 0.15) is 18.3 Å². The lowest BCUT2D eigenvalue weighted by Crippen LogP contribution is -2.43. The van der Waals surface area contributed by atoms with Gasteiger partial charge in [-0.15, -0.1) is 0 Å². The van der Waals surface area contributed by atoms with E-state index in [1.807, 2.05) is 32.9 Å². The number of ether oxygens (including phenoxy) is 1. The molecule has 3 aromatic rings. The lowest BCUT2D eigenvalue weighted by atomic mass is 10.0. The number of carbonyl (C=O) groups excluding carboxylic acids is 2. The number of halogens is 1. The van der Waals surface area contributed by atoms with Crippen LogP contribution >= 0.6 is 15.9 Å². The first-order valence-corrected chi connectivity index (χ1v) is 10.7. The molecule has 8 heteroatoms. The topological polar surface area (TPSA) is 89.8 Å². The van der Waals surface area contributed by atoms with Gasteiger partial charge >= 0.3 is 5.97 Å². The van der Waals surface area contributed by atoms with Crippen molar-refractivity contribution in [1.82, 2.24) is 14.7 Å². The molecule has 31 heavy (non-hydrogen) atoms. The van der Waals surface area contributed by atoms with Crippen molar-refractivity contribution in [3.63, 3.8) is 0 Å². The maximum atomic E-state index is 12.7. The van der Waals surface area contributed by atoms with Crippen molar-refractivity contribution in [3.05, 3.63) is 80.3 Å². The lowest BCUT2D eigenvalue weighted by molar-refractivity contribution is -0.147. The van der Waals surface area contributed by atoms with Gasteiger partial charge in [0, 0.05) is 22.3 Å². The molecule has 0 radical (unpaired) electrons. The predicted octanol–water partition coefficient (Wildman–Crippen LogP) is 3.65. The highest BCUT2D eigenvalue weighted by Crippen LogP contribution is 2.13. The molecule has 0 saturated heterocycles. The van der Waals surface area contributed by atoms with Gasteiger partial charge < -0.3 is 10.1 Å². The zero-order valence-electron chi connectivity index (χ0n) is 17.6. The Bertz CT molecular complexity index is 1170. The second-order valence-electron chi connectivity index (χ2n) is 7.74. The van der Waals surface area contributed by atoms with E-state index >= 15 is 0 Å². The van der Waals surface area contributed by atoms with Crippen LogP contribution in [0.15, 0.2) is 57.9 Å². The largest absolute Gasteiger partial charge is 0.458 e. The van der Waals surface area contributed by atoms with E-state index in [2.05, 4.69) is 26.2 Å². The van der Waals surface area contributed by atoms with E-state index in [1.165, 1.54) is 10.5 Å². The van der Waals surface area contributed by atoms with Crippen LogP contribution < -0.4 is 10.9 Å². The number of benzene rings is 1. The number of nitrogens with one attached hydrogen (secondary N) is 1. The zero-order valence-corrected chi connectivity index (χ0v) is 19.2. The fraction of sp³-hybridized carbons (Fsp3) is 0.304. The highest BCUT2D eigenvalue weighted by Gasteiger charge is 2.24. The maximum Gasteiger partial charge on any atom is 0.329 e. The minimum atomic E-state index is -0.801. The molecule has 0 saturated carbocycles. The van der Waals surface area contributed by atoms with Gasteiger partial charge in [0.25, 0.3) is 11.5 Å². The number of hydrogen-bond acceptors (Lipinski definition) is 5. The minimum absolute atomic E-state index is 0.157. The summed E-state index contributed by atoms with van der Waals surface area (Å²) >= 11 is 3.32. The summed E-state index contributed by atoms with van der Waals surface area (Å²) in [6, 6.07) is 11.2. The fourth-order valence-electron chi connectivity index (χ4n) is 3.19. The van der Waals surface area contributed by atoms with Crippen LogP contribution in [-0.4, -0.2) is 27.3 Å². The molecule has 162 valence electrons. The molecule has 2 heterocycles. The Hall–Kier alpha value is -3.00. The predicted molar refractivity (Wildman–Crippen MR) is 121 cm³/mol. The number of rotatable bonds is 7. The Morgan fingerprint density at radius 1 is 1.19 bits per heavy atom. The quantitative estimate of drug-likeness (QED) is 0.515. The third-order valence-electron chi connectivity index (χ3n) is 4.73. The number of pyridine rings is 1. The van der Waals surface area contributed by atoms with Crippen molar-refractivity contribution >= 4 is 33.5 Å². The van der Waals surface area contributed by atoms with Crippen LogP contribution in [0.4, 0.5) is 0 Å². The number of fused-ring (bicyclic) bond motifs is 1. The molecule has 0 aliphatic carbocycles. The van der Waals surface area contributed by atoms with Crippen LogP contribution in [0.5, 0.6) is 0 Å². The van der Waals surface area contributed by atoms with E-state index in [9.17, 15) is 14.4 Å². The van der Waals surface area contributed by atoms with Gasteiger partial charge in [0.05, 0.1) is 5.69 Å². The molecule has 1 aromatic carbocycles. The molecule has 2 aromatic heterocycles.